The van der Waals surface area contributed by atoms with E-state index in [1.165, 1.54) is 0 Å². The maximum atomic E-state index is 5.81. The molecule has 0 bridgehead atoms. The van der Waals surface area contributed by atoms with E-state index in [1.54, 1.807) is 6.20 Å². The van der Waals surface area contributed by atoms with Crippen LogP contribution in [0.15, 0.2) is 28.8 Å². The van der Waals surface area contributed by atoms with Crippen LogP contribution in [0.25, 0.3) is 0 Å². The molecule has 15 heavy (non-hydrogen) atoms. The van der Waals surface area contributed by atoms with Crippen molar-refractivity contribution < 1.29 is 4.42 Å². The van der Waals surface area contributed by atoms with Gasteiger partial charge in [0, 0.05) is 12.6 Å². The Morgan fingerprint density at radius 1 is 1.27 bits per heavy atom. The Morgan fingerprint density at radius 3 is 2.73 bits per heavy atom. The number of nitrogen functional groups attached to an aromatic ring is 2. The molecule has 78 valence electrons. The quantitative estimate of drug-likeness (QED) is 0.779. The molecular weight excluding hydrogens is 190 g/mol. The molecule has 2 aromatic heterocycles. The van der Waals surface area contributed by atoms with Crippen molar-refractivity contribution in [1.82, 2.24) is 4.98 Å². The Kier molecular flexibility index (Phi) is 2.33. The van der Waals surface area contributed by atoms with E-state index >= 15 is 0 Å². The predicted octanol–water partition coefficient (Wildman–Crippen LogP) is 1.74. The fraction of sp³-hybridized carbons (Fsp3) is 0.182. The van der Waals surface area contributed by atoms with Gasteiger partial charge in [-0.05, 0) is 30.7 Å². The van der Waals surface area contributed by atoms with Crippen molar-refractivity contribution >= 4 is 11.5 Å². The summed E-state index contributed by atoms with van der Waals surface area (Å²) in [4.78, 5) is 3.91. The fourth-order valence-corrected chi connectivity index (χ4v) is 1.45. The highest BCUT2D eigenvalue weighted by molar-refractivity contribution is 5.63. The first kappa shape index (κ1) is 9.58. The smallest absolute Gasteiger partial charge is 0.146 e. The number of anilines is 2. The third-order valence-electron chi connectivity index (χ3n) is 2.27. The molecule has 2 aromatic rings. The topological polar surface area (TPSA) is 78.1 Å². The average Bonchev–Trinajstić information content (AvgIpc) is 2.59. The SMILES string of the molecule is Cc1ccc(Cc2ccnc(N)c2N)o1. The van der Waals surface area contributed by atoms with Crippen molar-refractivity contribution in [2.75, 3.05) is 11.5 Å². The summed E-state index contributed by atoms with van der Waals surface area (Å²) >= 11 is 0. The van der Waals surface area contributed by atoms with Gasteiger partial charge in [0.15, 0.2) is 0 Å². The van der Waals surface area contributed by atoms with Crippen molar-refractivity contribution in [3.63, 3.8) is 0 Å². The molecule has 0 aliphatic heterocycles. The van der Waals surface area contributed by atoms with Crippen LogP contribution in [0.2, 0.25) is 0 Å². The van der Waals surface area contributed by atoms with Gasteiger partial charge < -0.3 is 15.9 Å². The van der Waals surface area contributed by atoms with Crippen LogP contribution in [-0.4, -0.2) is 4.98 Å². The van der Waals surface area contributed by atoms with Crippen LogP contribution in [0.3, 0.4) is 0 Å². The van der Waals surface area contributed by atoms with E-state index in [0.29, 0.717) is 17.9 Å². The Labute approximate surface area is 87.9 Å². The lowest BCUT2D eigenvalue weighted by Crippen LogP contribution is -2.02. The Balaban J connectivity index is 2.28. The molecule has 0 spiro atoms. The predicted molar refractivity (Wildman–Crippen MR) is 59.3 cm³/mol. The molecule has 0 aliphatic rings. The highest BCUT2D eigenvalue weighted by Crippen LogP contribution is 2.21. The second-order valence-corrected chi connectivity index (χ2v) is 3.46. The number of hydrogen-bond donors (Lipinski definition) is 2. The first-order valence-corrected chi connectivity index (χ1v) is 4.71. The Hall–Kier alpha value is -1.97. The van der Waals surface area contributed by atoms with E-state index in [1.807, 2.05) is 25.1 Å². The molecule has 4 N–H and O–H groups in total. The van der Waals surface area contributed by atoms with Crippen molar-refractivity contribution in [2.24, 2.45) is 0 Å². The summed E-state index contributed by atoms with van der Waals surface area (Å²) in [6, 6.07) is 5.71. The van der Waals surface area contributed by atoms with Gasteiger partial charge in [-0.3, -0.25) is 0 Å². The minimum Gasteiger partial charge on any atom is -0.466 e. The fourth-order valence-electron chi connectivity index (χ4n) is 1.45. The normalized spacial score (nSPS) is 10.5. The van der Waals surface area contributed by atoms with Crippen LogP contribution in [-0.2, 0) is 6.42 Å². The molecule has 0 aromatic carbocycles. The van der Waals surface area contributed by atoms with Gasteiger partial charge in [0.1, 0.15) is 17.3 Å². The van der Waals surface area contributed by atoms with Crippen LogP contribution in [0, 0.1) is 6.92 Å². The summed E-state index contributed by atoms with van der Waals surface area (Å²) in [7, 11) is 0. The highest BCUT2D eigenvalue weighted by Gasteiger charge is 2.06. The molecule has 4 nitrogen and oxygen atoms in total. The number of nitrogens with zero attached hydrogens (tertiary/aromatic N) is 1. The Bertz CT molecular complexity index is 476. The number of rotatable bonds is 2. The van der Waals surface area contributed by atoms with Crippen LogP contribution >= 0.6 is 0 Å². The first-order chi connectivity index (χ1) is 7.16. The van der Waals surface area contributed by atoms with Crippen LogP contribution < -0.4 is 11.5 Å². The molecule has 0 unspecified atom stereocenters. The lowest BCUT2D eigenvalue weighted by molar-refractivity contribution is 0.493. The Morgan fingerprint density at radius 2 is 2.07 bits per heavy atom. The number of aryl methyl sites for hydroxylation is 1. The van der Waals surface area contributed by atoms with Gasteiger partial charge in [-0.25, -0.2) is 4.98 Å². The molecule has 0 saturated carbocycles. The number of aromatic nitrogens is 1. The van der Waals surface area contributed by atoms with Crippen molar-refractivity contribution in [3.05, 3.63) is 41.5 Å². The lowest BCUT2D eigenvalue weighted by Gasteiger charge is -2.05. The van der Waals surface area contributed by atoms with Crippen LogP contribution in [0.4, 0.5) is 11.5 Å². The van der Waals surface area contributed by atoms with Crippen LogP contribution in [0.5, 0.6) is 0 Å². The molecule has 0 atom stereocenters. The monoisotopic (exact) mass is 203 g/mol. The van der Waals surface area contributed by atoms with E-state index < -0.39 is 0 Å². The summed E-state index contributed by atoms with van der Waals surface area (Å²) in [5.74, 6) is 2.14. The summed E-state index contributed by atoms with van der Waals surface area (Å²) in [5, 5.41) is 0. The minimum absolute atomic E-state index is 0.371. The van der Waals surface area contributed by atoms with Gasteiger partial charge in [-0.1, -0.05) is 0 Å². The van der Waals surface area contributed by atoms with Gasteiger partial charge >= 0.3 is 0 Å². The van der Waals surface area contributed by atoms with Crippen molar-refractivity contribution in [3.8, 4) is 0 Å². The summed E-state index contributed by atoms with van der Waals surface area (Å²) < 4.78 is 5.47. The minimum atomic E-state index is 0.371. The maximum Gasteiger partial charge on any atom is 0.146 e. The lowest BCUT2D eigenvalue weighted by atomic mass is 10.1. The van der Waals surface area contributed by atoms with Gasteiger partial charge in [0.05, 0.1) is 5.69 Å². The molecular formula is C11H13N3O. The van der Waals surface area contributed by atoms with Gasteiger partial charge in [0.25, 0.3) is 0 Å². The highest BCUT2D eigenvalue weighted by atomic mass is 16.3. The third-order valence-corrected chi connectivity index (χ3v) is 2.27. The molecule has 4 heteroatoms. The molecule has 0 saturated heterocycles. The number of nitrogens with two attached hydrogens (primary N) is 2. The zero-order chi connectivity index (χ0) is 10.8. The second-order valence-electron chi connectivity index (χ2n) is 3.46. The first-order valence-electron chi connectivity index (χ1n) is 4.71. The van der Waals surface area contributed by atoms with Crippen molar-refractivity contribution in [2.45, 2.75) is 13.3 Å². The largest absolute Gasteiger partial charge is 0.466 e. The number of pyridine rings is 1. The van der Waals surface area contributed by atoms with Gasteiger partial charge in [0.2, 0.25) is 0 Å². The maximum absolute atomic E-state index is 5.81. The molecule has 0 amide bonds. The summed E-state index contributed by atoms with van der Waals surface area (Å²) in [6.45, 7) is 1.91. The molecule has 0 fully saturated rings. The average molecular weight is 203 g/mol. The number of hydrogen-bond acceptors (Lipinski definition) is 4. The molecule has 2 heterocycles. The zero-order valence-electron chi connectivity index (χ0n) is 8.53. The second kappa shape index (κ2) is 3.65. The van der Waals surface area contributed by atoms with Crippen molar-refractivity contribution in [1.29, 1.82) is 0 Å². The van der Waals surface area contributed by atoms with E-state index in [2.05, 4.69) is 4.98 Å². The van der Waals surface area contributed by atoms with E-state index in [0.717, 1.165) is 17.1 Å². The summed E-state index contributed by atoms with van der Waals surface area (Å²) in [6.07, 6.45) is 2.29. The van der Waals surface area contributed by atoms with Gasteiger partial charge in [-0.15, -0.1) is 0 Å². The molecule has 0 radical (unpaired) electrons. The zero-order valence-corrected chi connectivity index (χ0v) is 8.53. The molecule has 2 rings (SSSR count). The van der Waals surface area contributed by atoms with Gasteiger partial charge in [-0.2, -0.15) is 0 Å². The van der Waals surface area contributed by atoms with Crippen LogP contribution in [0.1, 0.15) is 17.1 Å². The summed E-state index contributed by atoms with van der Waals surface area (Å²) in [5.41, 5.74) is 12.9. The standard InChI is InChI=1S/C11H13N3O/c1-7-2-3-9(15-7)6-8-4-5-14-11(13)10(8)12/h2-5H,6,12H2,1H3,(H2,13,14). The molecule has 0 aliphatic carbocycles. The number of furan rings is 1. The van der Waals surface area contributed by atoms with E-state index in [9.17, 15) is 0 Å². The van der Waals surface area contributed by atoms with E-state index in [-0.39, 0.29) is 0 Å². The third kappa shape index (κ3) is 1.93. The van der Waals surface area contributed by atoms with E-state index in [4.69, 9.17) is 15.9 Å².